The van der Waals surface area contributed by atoms with Gasteiger partial charge in [-0.15, -0.1) is 12.4 Å². The quantitative estimate of drug-likeness (QED) is 0.337. The van der Waals surface area contributed by atoms with Crippen molar-refractivity contribution in [1.82, 2.24) is 0 Å². The van der Waals surface area contributed by atoms with Crippen LogP contribution in [-0.4, -0.2) is 29.9 Å². The summed E-state index contributed by atoms with van der Waals surface area (Å²) >= 11 is 0. The van der Waals surface area contributed by atoms with Crippen LogP contribution in [0.2, 0.25) is 0 Å². The van der Waals surface area contributed by atoms with Crippen molar-refractivity contribution in [3.05, 3.63) is 59.2 Å². The number of benzene rings is 2. The van der Waals surface area contributed by atoms with Crippen LogP contribution < -0.4 is 15.8 Å². The van der Waals surface area contributed by atoms with Crippen LogP contribution in [0.1, 0.15) is 54.6 Å². The number of nitrogens with two attached hydrogens (primary N) is 1. The van der Waals surface area contributed by atoms with Crippen molar-refractivity contribution in [1.29, 1.82) is 5.41 Å². The number of hydrogen-bond donors (Lipinski definition) is 3. The molecular formula is C23H28ClN3O4. The number of amides is 1. The van der Waals surface area contributed by atoms with Crippen LogP contribution >= 0.6 is 12.4 Å². The number of nitrogens with one attached hydrogen (secondary N) is 2. The molecule has 0 bridgehead atoms. The third-order valence-electron chi connectivity index (χ3n) is 5.22. The van der Waals surface area contributed by atoms with Crippen molar-refractivity contribution in [2.45, 2.75) is 45.1 Å². The Hall–Kier alpha value is -3.06. The van der Waals surface area contributed by atoms with Crippen molar-refractivity contribution in [2.24, 2.45) is 5.73 Å². The van der Waals surface area contributed by atoms with Gasteiger partial charge in [0.1, 0.15) is 17.2 Å². The Morgan fingerprint density at radius 1 is 1.19 bits per heavy atom. The Kier molecular flexibility index (Phi) is 8.05. The largest absolute Gasteiger partial charge is 0.487 e. The number of rotatable bonds is 7. The van der Waals surface area contributed by atoms with Gasteiger partial charge in [0.05, 0.1) is 6.61 Å². The average Bonchev–Trinajstić information content (AvgIpc) is 2.73. The number of esters is 1. The highest BCUT2D eigenvalue weighted by molar-refractivity contribution is 6.05. The van der Waals surface area contributed by atoms with Crippen LogP contribution in [0.15, 0.2) is 42.5 Å². The molecule has 1 atom stereocenters. The van der Waals surface area contributed by atoms with Gasteiger partial charge in [-0.05, 0) is 69.0 Å². The minimum absolute atomic E-state index is 0. The molecule has 0 aromatic heterocycles. The predicted molar refractivity (Wildman–Crippen MR) is 122 cm³/mol. The van der Waals surface area contributed by atoms with Crippen LogP contribution in [0, 0.1) is 5.41 Å². The van der Waals surface area contributed by atoms with E-state index in [1.54, 1.807) is 37.3 Å². The second-order valence-corrected chi connectivity index (χ2v) is 7.62. The predicted octanol–water partition coefficient (Wildman–Crippen LogP) is 4.07. The zero-order chi connectivity index (χ0) is 21.7. The molecule has 7 nitrogen and oxygen atoms in total. The number of hydrogen-bond acceptors (Lipinski definition) is 5. The topological polar surface area (TPSA) is 114 Å². The van der Waals surface area contributed by atoms with E-state index < -0.39 is 5.60 Å². The van der Waals surface area contributed by atoms with Crippen molar-refractivity contribution in [2.75, 3.05) is 11.9 Å². The fourth-order valence-corrected chi connectivity index (χ4v) is 3.45. The molecule has 1 aliphatic heterocycles. The maximum absolute atomic E-state index is 12.5. The van der Waals surface area contributed by atoms with E-state index >= 15 is 0 Å². The molecule has 3 rings (SSSR count). The molecule has 2 aromatic carbocycles. The van der Waals surface area contributed by atoms with Crippen molar-refractivity contribution < 1.29 is 19.1 Å². The summed E-state index contributed by atoms with van der Waals surface area (Å²) in [5.74, 6) is 0.297. The van der Waals surface area contributed by atoms with E-state index in [-0.39, 0.29) is 30.1 Å². The van der Waals surface area contributed by atoms with E-state index in [0.717, 1.165) is 24.2 Å². The van der Waals surface area contributed by atoms with Gasteiger partial charge in [-0.2, -0.15) is 0 Å². The van der Waals surface area contributed by atoms with E-state index in [9.17, 15) is 9.59 Å². The lowest BCUT2D eigenvalue weighted by Crippen LogP contribution is -2.37. The first-order valence-electron chi connectivity index (χ1n) is 10.0. The molecule has 0 saturated carbocycles. The maximum Gasteiger partial charge on any atom is 0.305 e. The standard InChI is InChI=1S/C23H27N3O4.ClH/c1-3-29-20(27)11-13-23(2)12-10-17-14-18(8-9-19(17)30-23)26-22(28)16-6-4-15(5-7-16)21(24)25;/h4-9,14H,3,10-13H2,1-2H3,(H3,24,25)(H,26,28);1H. The van der Waals surface area contributed by atoms with Crippen LogP contribution in [-0.2, 0) is 16.0 Å². The molecule has 0 radical (unpaired) electrons. The fourth-order valence-electron chi connectivity index (χ4n) is 3.45. The number of carbonyl (C=O) groups excluding carboxylic acids is 2. The Balaban J connectivity index is 0.00000341. The highest BCUT2D eigenvalue weighted by atomic mass is 35.5. The minimum Gasteiger partial charge on any atom is -0.487 e. The van der Waals surface area contributed by atoms with Gasteiger partial charge in [-0.1, -0.05) is 12.1 Å². The molecule has 1 aliphatic rings. The van der Waals surface area contributed by atoms with Gasteiger partial charge in [0.15, 0.2) is 0 Å². The number of carbonyl (C=O) groups is 2. The van der Waals surface area contributed by atoms with Crippen LogP contribution in [0.3, 0.4) is 0 Å². The molecule has 1 unspecified atom stereocenters. The minimum atomic E-state index is -0.414. The zero-order valence-electron chi connectivity index (χ0n) is 17.7. The van der Waals surface area contributed by atoms with Gasteiger partial charge in [0, 0.05) is 23.2 Å². The number of ether oxygens (including phenoxy) is 2. The summed E-state index contributed by atoms with van der Waals surface area (Å²) in [6.07, 6.45) is 2.51. The van der Waals surface area contributed by atoms with E-state index in [1.807, 2.05) is 19.1 Å². The summed E-state index contributed by atoms with van der Waals surface area (Å²) in [5, 5.41) is 10.3. The molecule has 1 amide bonds. The summed E-state index contributed by atoms with van der Waals surface area (Å²) < 4.78 is 11.2. The summed E-state index contributed by atoms with van der Waals surface area (Å²) in [5.41, 5.74) is 7.80. The smallest absolute Gasteiger partial charge is 0.305 e. The SMILES string of the molecule is CCOC(=O)CCC1(C)CCc2cc(NC(=O)c3ccc(C(=N)N)cc3)ccc2O1.Cl. The summed E-state index contributed by atoms with van der Waals surface area (Å²) in [4.78, 5) is 24.2. The second kappa shape index (κ2) is 10.3. The van der Waals surface area contributed by atoms with Crippen LogP contribution in [0.4, 0.5) is 5.69 Å². The molecule has 0 saturated heterocycles. The van der Waals surface area contributed by atoms with Crippen molar-refractivity contribution in [3.8, 4) is 5.75 Å². The van der Waals surface area contributed by atoms with Crippen LogP contribution in [0.25, 0.3) is 0 Å². The zero-order valence-corrected chi connectivity index (χ0v) is 18.5. The maximum atomic E-state index is 12.5. The summed E-state index contributed by atoms with van der Waals surface area (Å²) in [6, 6.07) is 12.2. The molecule has 8 heteroatoms. The number of anilines is 1. The Morgan fingerprint density at radius 2 is 1.87 bits per heavy atom. The van der Waals surface area contributed by atoms with Crippen LogP contribution in [0.5, 0.6) is 5.75 Å². The molecule has 0 aliphatic carbocycles. The number of aryl methyl sites for hydroxylation is 1. The average molecular weight is 446 g/mol. The highest BCUT2D eigenvalue weighted by Gasteiger charge is 2.32. The molecule has 166 valence electrons. The monoisotopic (exact) mass is 445 g/mol. The molecule has 2 aromatic rings. The molecule has 4 N–H and O–H groups in total. The Labute approximate surface area is 188 Å². The first-order valence-corrected chi connectivity index (χ1v) is 10.0. The van der Waals surface area contributed by atoms with Gasteiger partial charge in [-0.3, -0.25) is 15.0 Å². The number of halogens is 1. The van der Waals surface area contributed by atoms with E-state index in [1.165, 1.54) is 0 Å². The van der Waals surface area contributed by atoms with Gasteiger partial charge in [-0.25, -0.2) is 0 Å². The van der Waals surface area contributed by atoms with Gasteiger partial charge < -0.3 is 20.5 Å². The second-order valence-electron chi connectivity index (χ2n) is 7.62. The number of nitrogen functional groups attached to an aromatic ring is 1. The Morgan fingerprint density at radius 3 is 2.52 bits per heavy atom. The summed E-state index contributed by atoms with van der Waals surface area (Å²) in [7, 11) is 0. The molecular weight excluding hydrogens is 418 g/mol. The van der Waals surface area contributed by atoms with E-state index in [4.69, 9.17) is 20.6 Å². The summed E-state index contributed by atoms with van der Waals surface area (Å²) in [6.45, 7) is 4.19. The lowest BCUT2D eigenvalue weighted by Gasteiger charge is -2.36. The third kappa shape index (κ3) is 6.21. The number of fused-ring (bicyclic) bond motifs is 1. The number of amidine groups is 1. The Bertz CT molecular complexity index is 962. The fraction of sp³-hybridized carbons (Fsp3) is 0.348. The normalized spacial score (nSPS) is 16.8. The van der Waals surface area contributed by atoms with E-state index in [0.29, 0.717) is 36.3 Å². The highest BCUT2D eigenvalue weighted by Crippen LogP contribution is 2.37. The molecule has 31 heavy (non-hydrogen) atoms. The van der Waals surface area contributed by atoms with Gasteiger partial charge in [0.2, 0.25) is 0 Å². The van der Waals surface area contributed by atoms with Crippen molar-refractivity contribution >= 4 is 35.8 Å². The lowest BCUT2D eigenvalue weighted by molar-refractivity contribution is -0.144. The molecule has 0 spiro atoms. The van der Waals surface area contributed by atoms with Gasteiger partial charge >= 0.3 is 5.97 Å². The lowest BCUT2D eigenvalue weighted by atomic mass is 9.88. The van der Waals surface area contributed by atoms with Crippen molar-refractivity contribution in [3.63, 3.8) is 0 Å². The van der Waals surface area contributed by atoms with E-state index in [2.05, 4.69) is 5.32 Å². The van der Waals surface area contributed by atoms with Gasteiger partial charge in [0.25, 0.3) is 5.91 Å². The first kappa shape index (κ1) is 24.2. The molecule has 1 heterocycles. The first-order chi connectivity index (χ1) is 14.3. The molecule has 0 fully saturated rings. The third-order valence-corrected chi connectivity index (χ3v) is 5.22.